The minimum Gasteiger partial charge on any atom is -0.478 e. The predicted octanol–water partition coefficient (Wildman–Crippen LogP) is 4.67. The summed E-state index contributed by atoms with van der Waals surface area (Å²) in [6.45, 7) is 4.81. The number of hydrogen-bond donors (Lipinski definition) is 1. The number of hydrogen-bond acceptors (Lipinski definition) is 2. The third-order valence-corrected chi connectivity index (χ3v) is 3.28. The SMILES string of the molecule is C=CCCC(CCC(C)(F)F)OCc1ccc(C(=O)O)cc1. The van der Waals surface area contributed by atoms with Gasteiger partial charge in [0.15, 0.2) is 0 Å². The lowest BCUT2D eigenvalue weighted by Gasteiger charge is -2.19. The average Bonchev–Trinajstić information content (AvgIpc) is 2.46. The Hall–Kier alpha value is -1.75. The highest BCUT2D eigenvalue weighted by molar-refractivity contribution is 5.87. The highest BCUT2D eigenvalue weighted by Gasteiger charge is 2.23. The molecule has 0 saturated carbocycles. The van der Waals surface area contributed by atoms with Crippen molar-refractivity contribution in [2.45, 2.75) is 51.2 Å². The van der Waals surface area contributed by atoms with E-state index in [1.807, 2.05) is 0 Å². The second-order valence-electron chi connectivity index (χ2n) is 5.41. The largest absolute Gasteiger partial charge is 0.478 e. The van der Waals surface area contributed by atoms with Crippen LogP contribution in [0.25, 0.3) is 0 Å². The third kappa shape index (κ3) is 7.31. The fraction of sp³-hybridized carbons (Fsp3) is 0.471. The molecular weight excluding hydrogens is 290 g/mol. The molecule has 0 saturated heterocycles. The molecule has 0 spiro atoms. The Balaban J connectivity index is 2.53. The molecule has 1 rings (SSSR count). The molecule has 3 nitrogen and oxygen atoms in total. The summed E-state index contributed by atoms with van der Waals surface area (Å²) in [6, 6.07) is 6.34. The van der Waals surface area contributed by atoms with E-state index in [4.69, 9.17) is 9.84 Å². The number of alkyl halides is 2. The zero-order valence-corrected chi connectivity index (χ0v) is 12.7. The van der Waals surface area contributed by atoms with Gasteiger partial charge in [0, 0.05) is 6.42 Å². The number of ether oxygens (including phenoxy) is 1. The lowest BCUT2D eigenvalue weighted by Crippen LogP contribution is -2.18. The molecular formula is C17H22F2O3. The molecule has 0 fully saturated rings. The summed E-state index contributed by atoms with van der Waals surface area (Å²) in [5, 5.41) is 8.83. The Kier molecular flexibility index (Phi) is 7.18. The van der Waals surface area contributed by atoms with E-state index in [1.165, 1.54) is 12.1 Å². The van der Waals surface area contributed by atoms with Crippen molar-refractivity contribution in [3.8, 4) is 0 Å². The maximum absolute atomic E-state index is 13.0. The number of allylic oxidation sites excluding steroid dienone is 1. The summed E-state index contributed by atoms with van der Waals surface area (Å²) in [5.41, 5.74) is 1.02. The lowest BCUT2D eigenvalue weighted by molar-refractivity contribution is -0.0235. The summed E-state index contributed by atoms with van der Waals surface area (Å²) in [4.78, 5) is 10.8. The van der Waals surface area contributed by atoms with Crippen LogP contribution in [0.1, 0.15) is 48.5 Å². The second-order valence-corrected chi connectivity index (χ2v) is 5.41. The van der Waals surface area contributed by atoms with E-state index in [0.29, 0.717) is 12.8 Å². The number of carbonyl (C=O) groups is 1. The Morgan fingerprint density at radius 1 is 1.36 bits per heavy atom. The first kappa shape index (κ1) is 18.3. The van der Waals surface area contributed by atoms with E-state index in [1.54, 1.807) is 18.2 Å². The van der Waals surface area contributed by atoms with Crippen LogP contribution >= 0.6 is 0 Å². The monoisotopic (exact) mass is 312 g/mol. The molecule has 1 aromatic rings. The standard InChI is InChI=1S/C17H22F2O3/c1-3-4-5-15(10-11-17(2,18)19)22-12-13-6-8-14(9-7-13)16(20)21/h3,6-9,15H,1,4-5,10-12H2,2H3,(H,20,21). The van der Waals surface area contributed by atoms with E-state index in [2.05, 4.69) is 6.58 Å². The van der Waals surface area contributed by atoms with Crippen LogP contribution in [-0.2, 0) is 11.3 Å². The van der Waals surface area contributed by atoms with Gasteiger partial charge in [-0.1, -0.05) is 18.2 Å². The van der Waals surface area contributed by atoms with Crippen molar-refractivity contribution in [2.75, 3.05) is 0 Å². The fourth-order valence-corrected chi connectivity index (χ4v) is 1.99. The molecule has 1 aromatic carbocycles. The Labute approximate surface area is 129 Å². The van der Waals surface area contributed by atoms with Crippen LogP contribution in [0.5, 0.6) is 0 Å². The quantitative estimate of drug-likeness (QED) is 0.639. The van der Waals surface area contributed by atoms with Crippen LogP contribution < -0.4 is 0 Å². The first-order valence-electron chi connectivity index (χ1n) is 7.24. The molecule has 0 aliphatic carbocycles. The van der Waals surface area contributed by atoms with Crippen molar-refractivity contribution in [3.63, 3.8) is 0 Å². The van der Waals surface area contributed by atoms with Crippen molar-refractivity contribution >= 4 is 5.97 Å². The smallest absolute Gasteiger partial charge is 0.335 e. The zero-order valence-electron chi connectivity index (χ0n) is 12.7. The van der Waals surface area contributed by atoms with E-state index >= 15 is 0 Å². The van der Waals surface area contributed by atoms with Gasteiger partial charge < -0.3 is 9.84 Å². The normalized spacial score (nSPS) is 12.9. The van der Waals surface area contributed by atoms with Gasteiger partial charge in [0.25, 0.3) is 0 Å². The average molecular weight is 312 g/mol. The molecule has 5 heteroatoms. The topological polar surface area (TPSA) is 46.5 Å². The van der Waals surface area contributed by atoms with Gasteiger partial charge in [-0.3, -0.25) is 0 Å². The fourth-order valence-electron chi connectivity index (χ4n) is 1.99. The first-order chi connectivity index (χ1) is 10.3. The van der Waals surface area contributed by atoms with Crippen molar-refractivity contribution in [2.24, 2.45) is 0 Å². The number of carboxylic acids is 1. The summed E-state index contributed by atoms with van der Waals surface area (Å²) in [7, 11) is 0. The van der Waals surface area contributed by atoms with E-state index < -0.39 is 11.9 Å². The number of halogens is 2. The zero-order chi connectivity index (χ0) is 16.6. The van der Waals surface area contributed by atoms with Gasteiger partial charge in [-0.2, -0.15) is 0 Å². The van der Waals surface area contributed by atoms with Crippen LogP contribution in [0.2, 0.25) is 0 Å². The number of aromatic carboxylic acids is 1. The van der Waals surface area contributed by atoms with Crippen LogP contribution in [-0.4, -0.2) is 23.1 Å². The van der Waals surface area contributed by atoms with Gasteiger partial charge in [-0.25, -0.2) is 13.6 Å². The maximum Gasteiger partial charge on any atom is 0.335 e. The highest BCUT2D eigenvalue weighted by atomic mass is 19.3. The highest BCUT2D eigenvalue weighted by Crippen LogP contribution is 2.23. The van der Waals surface area contributed by atoms with Gasteiger partial charge in [-0.15, -0.1) is 6.58 Å². The molecule has 1 atom stereocenters. The molecule has 0 radical (unpaired) electrons. The molecule has 0 heterocycles. The number of carboxylic acid groups (broad SMARTS) is 1. The molecule has 1 unspecified atom stereocenters. The van der Waals surface area contributed by atoms with Crippen LogP contribution in [0, 0.1) is 0 Å². The minimum atomic E-state index is -2.70. The molecule has 22 heavy (non-hydrogen) atoms. The van der Waals surface area contributed by atoms with Gasteiger partial charge in [0.1, 0.15) is 0 Å². The molecule has 0 bridgehead atoms. The Morgan fingerprint density at radius 3 is 2.50 bits per heavy atom. The first-order valence-corrected chi connectivity index (χ1v) is 7.24. The Morgan fingerprint density at radius 2 is 2.00 bits per heavy atom. The Bertz CT molecular complexity index is 478. The van der Waals surface area contributed by atoms with E-state index in [9.17, 15) is 13.6 Å². The third-order valence-electron chi connectivity index (χ3n) is 3.28. The maximum atomic E-state index is 13.0. The molecule has 0 amide bonds. The van der Waals surface area contributed by atoms with Crippen molar-refractivity contribution < 1.29 is 23.4 Å². The summed E-state index contributed by atoms with van der Waals surface area (Å²) in [5.74, 6) is -3.68. The minimum absolute atomic E-state index is 0.206. The predicted molar refractivity (Wildman–Crippen MR) is 81.3 cm³/mol. The summed E-state index contributed by atoms with van der Waals surface area (Å²) < 4.78 is 31.6. The van der Waals surface area contributed by atoms with Gasteiger partial charge >= 0.3 is 5.97 Å². The van der Waals surface area contributed by atoms with E-state index in [-0.39, 0.29) is 31.1 Å². The van der Waals surface area contributed by atoms with E-state index in [0.717, 1.165) is 12.5 Å². The van der Waals surface area contributed by atoms with Crippen molar-refractivity contribution in [1.82, 2.24) is 0 Å². The van der Waals surface area contributed by atoms with Gasteiger partial charge in [-0.05, 0) is 43.9 Å². The number of benzene rings is 1. The van der Waals surface area contributed by atoms with Crippen molar-refractivity contribution in [3.05, 3.63) is 48.0 Å². The summed E-state index contributed by atoms with van der Waals surface area (Å²) >= 11 is 0. The molecule has 0 aliphatic heterocycles. The molecule has 1 N–H and O–H groups in total. The summed E-state index contributed by atoms with van der Waals surface area (Å²) in [6.07, 6.45) is 2.90. The van der Waals surface area contributed by atoms with Crippen molar-refractivity contribution in [1.29, 1.82) is 0 Å². The molecule has 0 aliphatic rings. The molecule has 122 valence electrons. The van der Waals surface area contributed by atoms with Gasteiger partial charge in [0.2, 0.25) is 5.92 Å². The second kappa shape index (κ2) is 8.63. The molecule has 0 aromatic heterocycles. The number of rotatable bonds is 10. The van der Waals surface area contributed by atoms with Crippen LogP contribution in [0.3, 0.4) is 0 Å². The van der Waals surface area contributed by atoms with Crippen LogP contribution in [0.15, 0.2) is 36.9 Å². The lowest BCUT2D eigenvalue weighted by atomic mass is 10.1. The van der Waals surface area contributed by atoms with Gasteiger partial charge in [0.05, 0.1) is 18.3 Å². The van der Waals surface area contributed by atoms with Crippen LogP contribution in [0.4, 0.5) is 8.78 Å².